The molecule has 9 heteroatoms. The van der Waals surface area contributed by atoms with E-state index in [-0.39, 0.29) is 6.61 Å². The van der Waals surface area contributed by atoms with Crippen molar-refractivity contribution in [1.82, 2.24) is 5.32 Å². The molecule has 2 saturated heterocycles. The Kier molecular flexibility index (Phi) is 3.05. The predicted molar refractivity (Wildman–Crippen MR) is 49.2 cm³/mol. The zero-order valence-electron chi connectivity index (χ0n) is 9.27. The third kappa shape index (κ3) is 2.07. The van der Waals surface area contributed by atoms with Gasteiger partial charge in [0.2, 0.25) is 0 Å². The maximum absolute atomic E-state index is 12.1. The number of amides is 1. The highest BCUT2D eigenvalue weighted by molar-refractivity contribution is 5.82. The van der Waals surface area contributed by atoms with Crippen LogP contribution in [0.4, 0.5) is 13.2 Å². The Balaban J connectivity index is 2.12. The van der Waals surface area contributed by atoms with Gasteiger partial charge in [-0.1, -0.05) is 0 Å². The van der Waals surface area contributed by atoms with Gasteiger partial charge in [-0.2, -0.15) is 13.2 Å². The Morgan fingerprint density at radius 1 is 1.44 bits per heavy atom. The molecule has 0 aromatic rings. The second kappa shape index (κ2) is 4.05. The Bertz CT molecular complexity index is 363. The van der Waals surface area contributed by atoms with Gasteiger partial charge in [0.25, 0.3) is 0 Å². The highest BCUT2D eigenvalue weighted by Gasteiger charge is 2.58. The number of halogens is 3. The summed E-state index contributed by atoms with van der Waals surface area (Å²) < 4.78 is 46.5. The molecule has 0 aliphatic carbocycles. The smallest absolute Gasteiger partial charge is 0.388 e. The van der Waals surface area contributed by atoms with Crippen molar-refractivity contribution in [3.63, 3.8) is 0 Å². The molecule has 0 saturated carbocycles. The van der Waals surface area contributed by atoms with Crippen molar-refractivity contribution >= 4 is 5.91 Å². The number of nitrogens with one attached hydrogen (secondary N) is 1. The van der Waals surface area contributed by atoms with E-state index in [1.54, 1.807) is 5.32 Å². The molecule has 0 spiro atoms. The van der Waals surface area contributed by atoms with E-state index in [0.717, 1.165) is 0 Å². The summed E-state index contributed by atoms with van der Waals surface area (Å²) >= 11 is 0. The topological polar surface area (TPSA) is 88.0 Å². The Labute approximate surface area is 99.7 Å². The zero-order valence-corrected chi connectivity index (χ0v) is 9.27. The molecular weight excluding hydrogens is 259 g/mol. The number of hydrogen-bond donors (Lipinski definition) is 3. The van der Waals surface area contributed by atoms with Crippen LogP contribution in [-0.4, -0.2) is 59.0 Å². The van der Waals surface area contributed by atoms with Gasteiger partial charge >= 0.3 is 12.1 Å². The molecule has 2 heterocycles. The van der Waals surface area contributed by atoms with E-state index in [9.17, 15) is 28.2 Å². The number of aliphatic hydroxyl groups excluding tert-OH is 2. The van der Waals surface area contributed by atoms with E-state index >= 15 is 0 Å². The zero-order chi connectivity index (χ0) is 13.7. The van der Waals surface area contributed by atoms with E-state index in [4.69, 9.17) is 9.47 Å². The van der Waals surface area contributed by atoms with Crippen LogP contribution >= 0.6 is 0 Å². The van der Waals surface area contributed by atoms with Gasteiger partial charge in [-0.15, -0.1) is 0 Å². The van der Waals surface area contributed by atoms with Gasteiger partial charge < -0.3 is 25.0 Å². The van der Waals surface area contributed by atoms with E-state index in [0.29, 0.717) is 0 Å². The molecule has 2 bridgehead atoms. The van der Waals surface area contributed by atoms with Crippen LogP contribution in [0, 0.1) is 0 Å². The van der Waals surface area contributed by atoms with Crippen LogP contribution in [0.2, 0.25) is 0 Å². The van der Waals surface area contributed by atoms with Crippen LogP contribution in [0.3, 0.4) is 0 Å². The van der Waals surface area contributed by atoms with Crippen LogP contribution in [0.25, 0.3) is 0 Å². The van der Waals surface area contributed by atoms with Crippen molar-refractivity contribution in [1.29, 1.82) is 0 Å². The number of carbonyl (C=O) groups is 1. The molecule has 0 radical (unpaired) electrons. The van der Waals surface area contributed by atoms with Gasteiger partial charge in [0.05, 0.1) is 6.61 Å². The maximum atomic E-state index is 12.1. The Morgan fingerprint density at radius 3 is 2.61 bits per heavy atom. The van der Waals surface area contributed by atoms with Crippen molar-refractivity contribution in [3.05, 3.63) is 0 Å². The largest absolute Gasteiger partial charge is 0.471 e. The number of hydrogen-bond acceptors (Lipinski definition) is 5. The summed E-state index contributed by atoms with van der Waals surface area (Å²) in [5.41, 5.74) is -1.18. The van der Waals surface area contributed by atoms with Gasteiger partial charge in [0.15, 0.2) is 6.29 Å². The van der Waals surface area contributed by atoms with E-state index in [1.165, 1.54) is 6.92 Å². The second-order valence-corrected chi connectivity index (χ2v) is 4.54. The quantitative estimate of drug-likeness (QED) is 0.563. The fourth-order valence-electron chi connectivity index (χ4n) is 2.02. The minimum Gasteiger partial charge on any atom is -0.388 e. The molecule has 0 aromatic heterocycles. The van der Waals surface area contributed by atoms with Gasteiger partial charge in [0.1, 0.15) is 23.9 Å². The second-order valence-electron chi connectivity index (χ2n) is 4.54. The number of rotatable bonds is 1. The van der Waals surface area contributed by atoms with Crippen molar-refractivity contribution in [2.24, 2.45) is 0 Å². The van der Waals surface area contributed by atoms with Gasteiger partial charge in [-0.05, 0) is 6.92 Å². The van der Waals surface area contributed by atoms with Crippen LogP contribution in [0.5, 0.6) is 0 Å². The summed E-state index contributed by atoms with van der Waals surface area (Å²) in [5.74, 6) is -2.22. The lowest BCUT2D eigenvalue weighted by Gasteiger charge is -2.41. The molecule has 104 valence electrons. The summed E-state index contributed by atoms with van der Waals surface area (Å²) in [6, 6.07) is -1.47. The van der Waals surface area contributed by atoms with Gasteiger partial charge in [-0.25, -0.2) is 0 Å². The Morgan fingerprint density at radius 2 is 2.06 bits per heavy atom. The third-order valence-corrected chi connectivity index (χ3v) is 3.09. The van der Waals surface area contributed by atoms with E-state index in [2.05, 4.69) is 0 Å². The normalized spacial score (nSPS) is 43.9. The molecule has 2 aliphatic heterocycles. The minimum atomic E-state index is -5.08. The molecule has 2 fully saturated rings. The number of aliphatic hydroxyl groups is 2. The highest BCUT2D eigenvalue weighted by Crippen LogP contribution is 2.36. The lowest BCUT2D eigenvalue weighted by molar-refractivity contribution is -0.223. The number of alkyl halides is 3. The number of fused-ring (bicyclic) bond motifs is 2. The fraction of sp³-hybridized carbons (Fsp3) is 0.889. The van der Waals surface area contributed by atoms with Crippen LogP contribution in [-0.2, 0) is 14.3 Å². The lowest BCUT2D eigenvalue weighted by atomic mass is 9.89. The number of ether oxygens (including phenoxy) is 2. The summed E-state index contributed by atoms with van der Waals surface area (Å²) in [6.45, 7) is 1.39. The van der Waals surface area contributed by atoms with Crippen LogP contribution in [0.1, 0.15) is 6.92 Å². The third-order valence-electron chi connectivity index (χ3n) is 3.09. The summed E-state index contributed by atoms with van der Waals surface area (Å²) in [5, 5.41) is 21.0. The summed E-state index contributed by atoms with van der Waals surface area (Å²) in [4.78, 5) is 10.8. The standard InChI is InChI=1S/C9H12F3NO5/c1-8-2-17-6(18-8)3(4(14)5(8)15)13-7(16)9(10,11)12/h3-6,14-15H,2H2,1H3,(H,13,16)/t3-,4+,5+,6-,8-/m0/s1. The van der Waals surface area contributed by atoms with Gasteiger partial charge in [0, 0.05) is 0 Å². The average molecular weight is 271 g/mol. The molecule has 18 heavy (non-hydrogen) atoms. The molecule has 3 N–H and O–H groups in total. The van der Waals surface area contributed by atoms with Crippen LogP contribution in [0.15, 0.2) is 0 Å². The molecule has 0 unspecified atom stereocenters. The first-order valence-corrected chi connectivity index (χ1v) is 5.18. The molecule has 0 aromatic carbocycles. The molecule has 2 aliphatic rings. The molecule has 1 amide bonds. The monoisotopic (exact) mass is 271 g/mol. The summed E-state index contributed by atoms with van der Waals surface area (Å²) in [6.07, 6.45) is -9.33. The lowest BCUT2D eigenvalue weighted by Crippen LogP contribution is -2.65. The van der Waals surface area contributed by atoms with Crippen LogP contribution < -0.4 is 5.32 Å². The fourth-order valence-corrected chi connectivity index (χ4v) is 2.02. The van der Waals surface area contributed by atoms with Gasteiger partial charge in [-0.3, -0.25) is 4.79 Å². The minimum absolute atomic E-state index is 0.0751. The first-order valence-electron chi connectivity index (χ1n) is 5.18. The molecule has 6 nitrogen and oxygen atoms in total. The average Bonchev–Trinajstić information content (AvgIpc) is 2.62. The summed E-state index contributed by atoms with van der Waals surface area (Å²) in [7, 11) is 0. The first-order chi connectivity index (χ1) is 8.15. The molecule has 5 atom stereocenters. The number of carbonyl (C=O) groups excluding carboxylic acids is 1. The van der Waals surface area contributed by atoms with E-state index < -0.39 is 42.2 Å². The van der Waals surface area contributed by atoms with Crippen molar-refractivity contribution < 1.29 is 37.7 Å². The van der Waals surface area contributed by atoms with Crippen molar-refractivity contribution in [3.8, 4) is 0 Å². The Hall–Kier alpha value is -0.900. The maximum Gasteiger partial charge on any atom is 0.471 e. The highest BCUT2D eigenvalue weighted by atomic mass is 19.4. The first kappa shape index (κ1) is 13.5. The van der Waals surface area contributed by atoms with Crippen molar-refractivity contribution in [2.45, 2.75) is 43.2 Å². The molecule has 2 rings (SSSR count). The van der Waals surface area contributed by atoms with E-state index in [1.807, 2.05) is 0 Å². The SMILES string of the molecule is C[C@@]12CO[C@@H](O1)[C@@H](NC(=O)C(F)(F)F)[C@@H](O)[C@H]2O. The predicted octanol–water partition coefficient (Wildman–Crippen LogP) is -1.10. The molecular formula is C9H12F3NO5. The van der Waals surface area contributed by atoms with Crippen molar-refractivity contribution in [2.75, 3.05) is 6.61 Å².